The maximum Gasteiger partial charge on any atom is 0.338 e. The van der Waals surface area contributed by atoms with Gasteiger partial charge < -0.3 is 15.2 Å². The van der Waals surface area contributed by atoms with Crippen molar-refractivity contribution in [1.82, 2.24) is 0 Å². The Kier molecular flexibility index (Phi) is 4.78. The molecule has 0 saturated carbocycles. The highest BCUT2D eigenvalue weighted by Gasteiger charge is 2.10. The van der Waals surface area contributed by atoms with Crippen molar-refractivity contribution in [2.45, 2.75) is 13.5 Å². The molecule has 5 heteroatoms. The van der Waals surface area contributed by atoms with Gasteiger partial charge in [0.15, 0.2) is 0 Å². The molecular formula is C17H17NO4. The zero-order chi connectivity index (χ0) is 16.1. The molecular weight excluding hydrogens is 282 g/mol. The van der Waals surface area contributed by atoms with Crippen LogP contribution < -0.4 is 10.5 Å². The number of carbonyl (C=O) groups excluding carboxylic acids is 2. The first-order valence-corrected chi connectivity index (χ1v) is 6.72. The van der Waals surface area contributed by atoms with E-state index in [4.69, 9.17) is 15.2 Å². The second-order valence-corrected chi connectivity index (χ2v) is 4.83. The van der Waals surface area contributed by atoms with Crippen LogP contribution >= 0.6 is 0 Å². The van der Waals surface area contributed by atoms with Crippen molar-refractivity contribution in [3.8, 4) is 5.75 Å². The number of nitrogens with two attached hydrogens (primary N) is 1. The Morgan fingerprint density at radius 3 is 2.55 bits per heavy atom. The standard InChI is InChI=1S/C17H17NO4/c1-11-6-7-14(9-15(11)21-2)17(20)22-10-12-4-3-5-13(8-12)16(18)19/h3-9H,10H2,1-2H3,(H2,18,19). The van der Waals surface area contributed by atoms with Crippen LogP contribution in [0.1, 0.15) is 31.8 Å². The summed E-state index contributed by atoms with van der Waals surface area (Å²) in [6.45, 7) is 1.96. The molecule has 2 aromatic carbocycles. The van der Waals surface area contributed by atoms with Gasteiger partial charge in [0.05, 0.1) is 12.7 Å². The number of carbonyl (C=O) groups is 2. The summed E-state index contributed by atoms with van der Waals surface area (Å²) in [4.78, 5) is 23.2. The summed E-state index contributed by atoms with van der Waals surface area (Å²) in [5.74, 6) is -0.343. The molecule has 0 saturated heterocycles. The van der Waals surface area contributed by atoms with Crippen molar-refractivity contribution in [2.75, 3.05) is 7.11 Å². The monoisotopic (exact) mass is 299 g/mol. The highest BCUT2D eigenvalue weighted by atomic mass is 16.5. The van der Waals surface area contributed by atoms with Gasteiger partial charge >= 0.3 is 5.97 Å². The summed E-state index contributed by atoms with van der Waals surface area (Å²) in [6, 6.07) is 11.8. The molecule has 0 atom stereocenters. The quantitative estimate of drug-likeness (QED) is 0.860. The van der Waals surface area contributed by atoms with E-state index in [0.717, 1.165) is 5.56 Å². The lowest BCUT2D eigenvalue weighted by Gasteiger charge is -2.08. The largest absolute Gasteiger partial charge is 0.496 e. The molecule has 0 bridgehead atoms. The van der Waals surface area contributed by atoms with E-state index in [1.165, 1.54) is 0 Å². The number of rotatable bonds is 5. The Labute approximate surface area is 128 Å². The molecule has 22 heavy (non-hydrogen) atoms. The van der Waals surface area contributed by atoms with E-state index in [1.54, 1.807) is 49.6 Å². The molecule has 2 rings (SSSR count). The third kappa shape index (κ3) is 3.63. The van der Waals surface area contributed by atoms with Gasteiger partial charge in [-0.15, -0.1) is 0 Å². The van der Waals surface area contributed by atoms with Gasteiger partial charge in [-0.1, -0.05) is 18.2 Å². The molecule has 0 fully saturated rings. The fraction of sp³-hybridized carbons (Fsp3) is 0.176. The van der Waals surface area contributed by atoms with Gasteiger partial charge in [-0.2, -0.15) is 0 Å². The van der Waals surface area contributed by atoms with Crippen LogP contribution in [0.15, 0.2) is 42.5 Å². The van der Waals surface area contributed by atoms with E-state index in [9.17, 15) is 9.59 Å². The molecule has 2 aromatic rings. The third-order valence-corrected chi connectivity index (χ3v) is 3.23. The molecule has 2 N–H and O–H groups in total. The van der Waals surface area contributed by atoms with Crippen molar-refractivity contribution < 1.29 is 19.1 Å². The summed E-state index contributed by atoms with van der Waals surface area (Å²) in [5.41, 5.74) is 7.64. The maximum atomic E-state index is 12.0. The highest BCUT2D eigenvalue weighted by Crippen LogP contribution is 2.19. The van der Waals surface area contributed by atoms with Crippen LogP contribution in [0.4, 0.5) is 0 Å². The molecule has 0 heterocycles. The number of esters is 1. The third-order valence-electron chi connectivity index (χ3n) is 3.23. The van der Waals surface area contributed by atoms with Gasteiger partial charge in [0.25, 0.3) is 0 Å². The van der Waals surface area contributed by atoms with Gasteiger partial charge in [-0.25, -0.2) is 4.79 Å². The number of amides is 1. The summed E-state index contributed by atoms with van der Waals surface area (Å²) >= 11 is 0. The van der Waals surface area contributed by atoms with Gasteiger partial charge in [0.2, 0.25) is 5.91 Å². The first-order chi connectivity index (χ1) is 10.5. The number of hydrogen-bond donors (Lipinski definition) is 1. The summed E-state index contributed by atoms with van der Waals surface area (Å²) in [6.07, 6.45) is 0. The van der Waals surface area contributed by atoms with Crippen LogP contribution in [0.5, 0.6) is 5.75 Å². The Morgan fingerprint density at radius 1 is 1.09 bits per heavy atom. The highest BCUT2D eigenvalue weighted by molar-refractivity contribution is 5.93. The molecule has 0 radical (unpaired) electrons. The van der Waals surface area contributed by atoms with Gasteiger partial charge in [-0.05, 0) is 42.3 Å². The summed E-state index contributed by atoms with van der Waals surface area (Å²) < 4.78 is 10.4. The van der Waals surface area contributed by atoms with E-state index in [0.29, 0.717) is 22.4 Å². The number of ether oxygens (including phenoxy) is 2. The van der Waals surface area contributed by atoms with Crippen molar-refractivity contribution in [3.05, 3.63) is 64.7 Å². The molecule has 0 unspecified atom stereocenters. The van der Waals surface area contributed by atoms with Gasteiger partial charge in [-0.3, -0.25) is 4.79 Å². The molecule has 5 nitrogen and oxygen atoms in total. The second-order valence-electron chi connectivity index (χ2n) is 4.83. The average molecular weight is 299 g/mol. The Bertz CT molecular complexity index is 710. The minimum Gasteiger partial charge on any atom is -0.496 e. The van der Waals surface area contributed by atoms with Gasteiger partial charge in [0, 0.05) is 5.56 Å². The molecule has 0 aliphatic heterocycles. The Morgan fingerprint density at radius 2 is 1.86 bits per heavy atom. The smallest absolute Gasteiger partial charge is 0.338 e. The maximum absolute atomic E-state index is 12.0. The molecule has 0 aliphatic carbocycles. The fourth-order valence-corrected chi connectivity index (χ4v) is 1.99. The van der Waals surface area contributed by atoms with Crippen molar-refractivity contribution >= 4 is 11.9 Å². The first-order valence-electron chi connectivity index (χ1n) is 6.72. The van der Waals surface area contributed by atoms with Crippen molar-refractivity contribution in [1.29, 1.82) is 0 Å². The number of primary amides is 1. The van der Waals surface area contributed by atoms with Crippen molar-refractivity contribution in [2.24, 2.45) is 5.73 Å². The molecule has 114 valence electrons. The van der Waals surface area contributed by atoms with Crippen LogP contribution in [0, 0.1) is 6.92 Å². The lowest BCUT2D eigenvalue weighted by Crippen LogP contribution is -2.11. The fourth-order valence-electron chi connectivity index (χ4n) is 1.99. The summed E-state index contributed by atoms with van der Waals surface area (Å²) in [5, 5.41) is 0. The predicted octanol–water partition coefficient (Wildman–Crippen LogP) is 2.46. The number of methoxy groups -OCH3 is 1. The lowest BCUT2D eigenvalue weighted by molar-refractivity contribution is 0.0472. The predicted molar refractivity (Wildman–Crippen MR) is 81.8 cm³/mol. The summed E-state index contributed by atoms with van der Waals surface area (Å²) in [7, 11) is 1.55. The zero-order valence-corrected chi connectivity index (χ0v) is 12.5. The van der Waals surface area contributed by atoms with E-state index < -0.39 is 11.9 Å². The lowest BCUT2D eigenvalue weighted by atomic mass is 10.1. The van der Waals surface area contributed by atoms with E-state index in [1.807, 2.05) is 6.92 Å². The van der Waals surface area contributed by atoms with Crippen molar-refractivity contribution in [3.63, 3.8) is 0 Å². The number of aryl methyl sites for hydroxylation is 1. The average Bonchev–Trinajstić information content (AvgIpc) is 2.53. The molecule has 1 amide bonds. The zero-order valence-electron chi connectivity index (χ0n) is 12.5. The number of benzene rings is 2. The van der Waals surface area contributed by atoms with Crippen LogP contribution in [-0.4, -0.2) is 19.0 Å². The molecule has 0 aliphatic rings. The topological polar surface area (TPSA) is 78.6 Å². The Balaban J connectivity index is 2.07. The van der Waals surface area contributed by atoms with Crippen LogP contribution in [0.25, 0.3) is 0 Å². The minimum atomic E-state index is -0.517. The minimum absolute atomic E-state index is 0.0656. The van der Waals surface area contributed by atoms with Crippen LogP contribution in [-0.2, 0) is 11.3 Å². The Hall–Kier alpha value is -2.82. The SMILES string of the molecule is COc1cc(C(=O)OCc2cccc(C(N)=O)c2)ccc1C. The first kappa shape index (κ1) is 15.6. The van der Waals surface area contributed by atoms with Crippen LogP contribution in [0.3, 0.4) is 0 Å². The molecule has 0 aromatic heterocycles. The van der Waals surface area contributed by atoms with Crippen LogP contribution in [0.2, 0.25) is 0 Å². The second kappa shape index (κ2) is 6.76. The molecule has 0 spiro atoms. The number of hydrogen-bond acceptors (Lipinski definition) is 4. The van der Waals surface area contributed by atoms with Gasteiger partial charge in [0.1, 0.15) is 12.4 Å². The van der Waals surface area contributed by atoms with E-state index in [2.05, 4.69) is 0 Å². The van der Waals surface area contributed by atoms with E-state index >= 15 is 0 Å². The van der Waals surface area contributed by atoms with E-state index in [-0.39, 0.29) is 6.61 Å². The normalized spacial score (nSPS) is 10.1.